The van der Waals surface area contributed by atoms with Gasteiger partial charge in [-0.3, -0.25) is 0 Å². The molecular formula is C14H26MgO16. The molecular weight excluding hydrogens is 448 g/mol. The zero-order valence-corrected chi connectivity index (χ0v) is 17.3. The zero-order valence-electron chi connectivity index (χ0n) is 15.9. The van der Waals surface area contributed by atoms with Gasteiger partial charge in [0, 0.05) is 0 Å². The third-order valence-electron chi connectivity index (χ3n) is 3.69. The van der Waals surface area contributed by atoms with Gasteiger partial charge in [0.05, 0.1) is 25.2 Å². The second-order valence-corrected chi connectivity index (χ2v) is 5.97. The molecule has 10 atom stereocenters. The predicted octanol–water partition coefficient (Wildman–Crippen LogP) is -11.3. The number of carbonyl (C=O) groups excluding carboxylic acids is 2. The van der Waals surface area contributed by atoms with Gasteiger partial charge in [-0.05, 0) is 0 Å². The maximum absolute atomic E-state index is 10.1. The second kappa shape index (κ2) is 16.8. The maximum atomic E-state index is 10.1. The van der Waals surface area contributed by atoms with Crippen molar-refractivity contribution in [3.8, 4) is 0 Å². The van der Waals surface area contributed by atoms with Crippen molar-refractivity contribution in [1.82, 2.24) is 0 Å². The van der Waals surface area contributed by atoms with Crippen LogP contribution in [0.25, 0.3) is 0 Å². The third kappa shape index (κ3) is 11.6. The van der Waals surface area contributed by atoms with Crippen molar-refractivity contribution in [2.24, 2.45) is 0 Å². The molecule has 0 saturated heterocycles. The van der Waals surface area contributed by atoms with Crippen LogP contribution in [0.1, 0.15) is 0 Å². The van der Waals surface area contributed by atoms with Crippen molar-refractivity contribution in [2.45, 2.75) is 61.0 Å². The first-order chi connectivity index (χ1) is 13.6. The topological polar surface area (TPSA) is 323 Å². The number of aliphatic carboxylic acids is 2. The van der Waals surface area contributed by atoms with Crippen LogP contribution in [-0.4, -0.2) is 171 Å². The number of aliphatic hydroxyl groups is 12. The largest absolute Gasteiger partial charge is 2.00 e. The van der Waals surface area contributed by atoms with Gasteiger partial charge in [0.2, 0.25) is 0 Å². The number of rotatable bonds is 12. The Balaban J connectivity index is -0.000000490. The average molecular weight is 475 g/mol. The summed E-state index contributed by atoms with van der Waals surface area (Å²) in [6, 6.07) is 0. The molecule has 16 nitrogen and oxygen atoms in total. The van der Waals surface area contributed by atoms with Crippen LogP contribution in [0.2, 0.25) is 0 Å². The van der Waals surface area contributed by atoms with E-state index >= 15 is 0 Å². The first-order valence-electron chi connectivity index (χ1n) is 8.09. The van der Waals surface area contributed by atoms with Crippen LogP contribution in [0, 0.1) is 0 Å². The van der Waals surface area contributed by atoms with E-state index in [1.165, 1.54) is 0 Å². The normalized spacial score (nSPS) is 20.8. The summed E-state index contributed by atoms with van der Waals surface area (Å²) in [7, 11) is 0. The summed E-state index contributed by atoms with van der Waals surface area (Å²) in [5, 5.41) is 126. The summed E-state index contributed by atoms with van der Waals surface area (Å²) >= 11 is 0. The van der Waals surface area contributed by atoms with Crippen LogP contribution in [0.15, 0.2) is 0 Å². The number of carbonyl (C=O) groups is 2. The van der Waals surface area contributed by atoms with E-state index in [0.717, 1.165) is 0 Å². The number of hydrogen-bond donors (Lipinski definition) is 12. The van der Waals surface area contributed by atoms with Crippen molar-refractivity contribution in [1.29, 1.82) is 0 Å². The van der Waals surface area contributed by atoms with Gasteiger partial charge in [0.1, 0.15) is 61.0 Å². The van der Waals surface area contributed by atoms with Gasteiger partial charge < -0.3 is 81.1 Å². The van der Waals surface area contributed by atoms with Crippen molar-refractivity contribution < 1.29 is 81.1 Å². The number of carboxylic acid groups (broad SMARTS) is 2. The van der Waals surface area contributed by atoms with Gasteiger partial charge in [0.25, 0.3) is 0 Å². The van der Waals surface area contributed by atoms with Crippen LogP contribution >= 0.6 is 0 Å². The van der Waals surface area contributed by atoms with E-state index in [4.69, 9.17) is 61.3 Å². The van der Waals surface area contributed by atoms with Gasteiger partial charge in [-0.15, -0.1) is 0 Å². The first-order valence-corrected chi connectivity index (χ1v) is 8.09. The minimum Gasteiger partial charge on any atom is -0.547 e. The molecule has 0 rings (SSSR count). The molecule has 17 heteroatoms. The fraction of sp³-hybridized carbons (Fsp3) is 0.857. The summed E-state index contributed by atoms with van der Waals surface area (Å²) < 4.78 is 0. The standard InChI is InChI=1S/2C7H14O8.Mg/c2*8-1-2(9)3(10)4(11)5(12)6(13)7(14)15;/h2*2-6,8-13H,1H2,(H,14,15);/q;;+2/p-2/t2-,3+,4-,5-,6-;2-,3-,4-,5-,6-;/m00./s1. The Morgan fingerprint density at radius 3 is 0.903 bits per heavy atom. The Morgan fingerprint density at radius 2 is 0.742 bits per heavy atom. The number of aliphatic hydroxyl groups excluding tert-OH is 12. The zero-order chi connectivity index (χ0) is 24.3. The predicted molar refractivity (Wildman–Crippen MR) is 90.0 cm³/mol. The molecule has 0 unspecified atom stereocenters. The van der Waals surface area contributed by atoms with Crippen LogP contribution < -0.4 is 10.2 Å². The van der Waals surface area contributed by atoms with E-state index in [2.05, 4.69) is 0 Å². The van der Waals surface area contributed by atoms with E-state index in [-0.39, 0.29) is 23.1 Å². The summed E-state index contributed by atoms with van der Waals surface area (Å²) in [6.45, 7) is -1.79. The van der Waals surface area contributed by atoms with Crippen molar-refractivity contribution >= 4 is 35.0 Å². The summed E-state index contributed by atoms with van der Waals surface area (Å²) in [4.78, 5) is 20.2. The molecule has 0 aromatic carbocycles. The molecule has 0 saturated carbocycles. The van der Waals surface area contributed by atoms with E-state index in [1.807, 2.05) is 0 Å². The van der Waals surface area contributed by atoms with E-state index in [0.29, 0.717) is 0 Å². The molecule has 0 aromatic rings. The van der Waals surface area contributed by atoms with Crippen LogP contribution in [0.3, 0.4) is 0 Å². The van der Waals surface area contributed by atoms with Crippen LogP contribution in [-0.2, 0) is 9.59 Å². The molecule has 0 aromatic heterocycles. The maximum Gasteiger partial charge on any atom is 2.00 e. The first kappa shape index (κ1) is 34.8. The summed E-state index contributed by atoms with van der Waals surface area (Å²) in [5.41, 5.74) is 0. The molecule has 0 aliphatic heterocycles. The molecule has 0 radical (unpaired) electrons. The fourth-order valence-corrected chi connectivity index (χ4v) is 1.73. The van der Waals surface area contributed by atoms with Crippen LogP contribution in [0.4, 0.5) is 0 Å². The smallest absolute Gasteiger partial charge is 0.547 e. The Hall–Kier alpha value is -0.774. The van der Waals surface area contributed by atoms with Gasteiger partial charge in [-0.2, -0.15) is 0 Å². The Morgan fingerprint density at radius 1 is 0.516 bits per heavy atom. The number of hydrogen-bond acceptors (Lipinski definition) is 16. The Kier molecular flexibility index (Phi) is 18.9. The van der Waals surface area contributed by atoms with Crippen molar-refractivity contribution in [2.75, 3.05) is 13.2 Å². The molecule has 0 aliphatic carbocycles. The SMILES string of the molecule is O=C([O-])[C@@H](O)[C@@H](O)[C@@H](O)[C@@H](O)[C@@H](O)CO.O=C([O-])[C@@H](O)[C@@H](O)[C@@H](O)[C@H](O)[C@@H](O)CO.[Mg+2]. The van der Waals surface area contributed by atoms with E-state index in [9.17, 15) is 19.8 Å². The Bertz CT molecular complexity index is 465. The molecule has 31 heavy (non-hydrogen) atoms. The molecule has 0 heterocycles. The monoisotopic (exact) mass is 474 g/mol. The average Bonchev–Trinajstić information content (AvgIpc) is 2.73. The van der Waals surface area contributed by atoms with Crippen molar-refractivity contribution in [3.05, 3.63) is 0 Å². The Labute approximate surface area is 190 Å². The second-order valence-electron chi connectivity index (χ2n) is 5.97. The molecule has 0 fully saturated rings. The number of carboxylic acids is 2. The molecule has 0 amide bonds. The molecule has 0 spiro atoms. The third-order valence-corrected chi connectivity index (χ3v) is 3.69. The summed E-state index contributed by atoms with van der Waals surface area (Å²) in [5.74, 6) is -4.07. The van der Waals surface area contributed by atoms with E-state index in [1.54, 1.807) is 0 Å². The van der Waals surface area contributed by atoms with Gasteiger partial charge in [0.15, 0.2) is 0 Å². The minimum atomic E-state index is -2.40. The van der Waals surface area contributed by atoms with Gasteiger partial charge >= 0.3 is 23.1 Å². The molecule has 0 bridgehead atoms. The van der Waals surface area contributed by atoms with Gasteiger partial charge in [-0.25, -0.2) is 0 Å². The summed E-state index contributed by atoms with van der Waals surface area (Å²) in [6.07, 6.45) is -21.0. The van der Waals surface area contributed by atoms with Crippen LogP contribution in [0.5, 0.6) is 0 Å². The van der Waals surface area contributed by atoms with Crippen molar-refractivity contribution in [3.63, 3.8) is 0 Å². The quantitative estimate of drug-likeness (QED) is 0.117. The minimum absolute atomic E-state index is 0. The fourth-order valence-electron chi connectivity index (χ4n) is 1.73. The van der Waals surface area contributed by atoms with E-state index < -0.39 is 86.2 Å². The van der Waals surface area contributed by atoms with Gasteiger partial charge in [-0.1, -0.05) is 0 Å². The molecule has 12 N–H and O–H groups in total. The molecule has 180 valence electrons. The molecule has 0 aliphatic rings.